The zero-order chi connectivity index (χ0) is 18.8. The molecule has 2 atom stereocenters. The van der Waals surface area contributed by atoms with Crippen molar-refractivity contribution < 1.29 is 14.4 Å². The van der Waals surface area contributed by atoms with Crippen molar-refractivity contribution in [2.24, 2.45) is 0 Å². The summed E-state index contributed by atoms with van der Waals surface area (Å²) in [6.07, 6.45) is 0.680. The molecule has 1 fully saturated rings. The molecule has 2 heterocycles. The first-order valence-corrected chi connectivity index (χ1v) is 9.68. The molecule has 0 N–H and O–H groups in total. The lowest BCUT2D eigenvalue weighted by molar-refractivity contribution is -0.122. The van der Waals surface area contributed by atoms with Crippen LogP contribution in [0.2, 0.25) is 5.02 Å². The summed E-state index contributed by atoms with van der Waals surface area (Å²) in [4.78, 5) is 41.8. The fraction of sp³-hybridized carbons (Fsp3) is 0.316. The Bertz CT molecular complexity index is 820. The molecule has 1 aliphatic heterocycles. The monoisotopic (exact) mass is 390 g/mol. The Hall–Kier alpha value is -2.18. The third-order valence-electron chi connectivity index (χ3n) is 4.58. The summed E-state index contributed by atoms with van der Waals surface area (Å²) >= 11 is 7.22. The van der Waals surface area contributed by atoms with Crippen LogP contribution in [-0.2, 0) is 9.59 Å². The van der Waals surface area contributed by atoms with Crippen molar-refractivity contribution in [3.63, 3.8) is 0 Å². The van der Waals surface area contributed by atoms with Crippen molar-refractivity contribution in [1.29, 1.82) is 0 Å². The summed E-state index contributed by atoms with van der Waals surface area (Å²) < 4.78 is 0. The number of benzene rings is 1. The summed E-state index contributed by atoms with van der Waals surface area (Å²) in [6, 6.07) is 9.13. The van der Waals surface area contributed by atoms with E-state index in [4.69, 9.17) is 11.6 Å². The van der Waals surface area contributed by atoms with E-state index in [0.717, 1.165) is 4.90 Å². The number of rotatable bonds is 5. The van der Waals surface area contributed by atoms with Gasteiger partial charge in [-0.3, -0.25) is 14.4 Å². The molecule has 0 aliphatic carbocycles. The van der Waals surface area contributed by atoms with E-state index in [1.165, 1.54) is 11.3 Å². The smallest absolute Gasteiger partial charge is 0.264 e. The Labute approximate surface area is 161 Å². The number of carbonyl (C=O) groups is 3. The topological polar surface area (TPSA) is 57.7 Å². The average Bonchev–Trinajstić information content (AvgIpc) is 3.25. The predicted octanol–water partition coefficient (Wildman–Crippen LogP) is 3.97. The fourth-order valence-corrected chi connectivity index (χ4v) is 3.86. The van der Waals surface area contributed by atoms with Crippen LogP contribution >= 0.6 is 22.9 Å². The third kappa shape index (κ3) is 3.39. The first-order valence-electron chi connectivity index (χ1n) is 8.42. The summed E-state index contributed by atoms with van der Waals surface area (Å²) in [5.74, 6) is -0.893. The van der Waals surface area contributed by atoms with Crippen LogP contribution in [0.15, 0.2) is 41.8 Å². The van der Waals surface area contributed by atoms with Crippen LogP contribution in [-0.4, -0.2) is 34.7 Å². The maximum absolute atomic E-state index is 13.0. The van der Waals surface area contributed by atoms with Gasteiger partial charge in [0.2, 0.25) is 5.91 Å². The van der Waals surface area contributed by atoms with E-state index in [-0.39, 0.29) is 30.2 Å². The largest absolute Gasteiger partial charge is 0.323 e. The second-order valence-corrected chi connectivity index (χ2v) is 7.59. The quantitative estimate of drug-likeness (QED) is 0.725. The molecule has 26 heavy (non-hydrogen) atoms. The fourth-order valence-electron chi connectivity index (χ4n) is 3.07. The molecular formula is C19H19ClN2O3S. The molecule has 2 aromatic rings. The minimum atomic E-state index is -0.789. The lowest BCUT2D eigenvalue weighted by Gasteiger charge is -2.32. The molecule has 2 unspecified atom stereocenters. The molecule has 1 aromatic heterocycles. The number of anilines is 1. The van der Waals surface area contributed by atoms with Gasteiger partial charge in [0.05, 0.1) is 17.0 Å². The number of imide groups is 1. The molecular weight excluding hydrogens is 372 g/mol. The third-order valence-corrected chi connectivity index (χ3v) is 5.69. The second-order valence-electron chi connectivity index (χ2n) is 6.21. The highest BCUT2D eigenvalue weighted by atomic mass is 35.5. The summed E-state index contributed by atoms with van der Waals surface area (Å²) in [7, 11) is 0. The number of halogens is 1. The van der Waals surface area contributed by atoms with Crippen LogP contribution in [0.5, 0.6) is 0 Å². The Balaban J connectivity index is 1.93. The van der Waals surface area contributed by atoms with Gasteiger partial charge in [-0.05, 0) is 49.1 Å². The molecule has 5 nitrogen and oxygen atoms in total. The molecule has 7 heteroatoms. The Morgan fingerprint density at radius 3 is 2.58 bits per heavy atom. The van der Waals surface area contributed by atoms with Gasteiger partial charge in [-0.2, -0.15) is 0 Å². The highest BCUT2D eigenvalue weighted by Crippen LogP contribution is 2.29. The van der Waals surface area contributed by atoms with Gasteiger partial charge in [0.1, 0.15) is 6.04 Å². The van der Waals surface area contributed by atoms with Crippen molar-refractivity contribution in [2.75, 3.05) is 4.90 Å². The highest BCUT2D eigenvalue weighted by molar-refractivity contribution is 7.12. The van der Waals surface area contributed by atoms with Crippen LogP contribution < -0.4 is 4.90 Å². The Morgan fingerprint density at radius 1 is 1.31 bits per heavy atom. The van der Waals surface area contributed by atoms with Gasteiger partial charge >= 0.3 is 0 Å². The summed E-state index contributed by atoms with van der Waals surface area (Å²) in [5, 5.41) is 2.35. The van der Waals surface area contributed by atoms with E-state index in [1.807, 2.05) is 19.2 Å². The van der Waals surface area contributed by atoms with Crippen LogP contribution in [0.1, 0.15) is 36.4 Å². The second kappa shape index (κ2) is 7.60. The zero-order valence-electron chi connectivity index (χ0n) is 14.5. The van der Waals surface area contributed by atoms with Crippen molar-refractivity contribution >= 4 is 46.3 Å². The lowest BCUT2D eigenvalue weighted by Crippen LogP contribution is -2.49. The Morgan fingerprint density at radius 2 is 2.00 bits per heavy atom. The van der Waals surface area contributed by atoms with E-state index in [0.29, 0.717) is 22.0 Å². The molecule has 0 bridgehead atoms. The standard InChI is InChI=1S/C19H19ClN2O3S/c1-3-12(2)21(19(25)16-5-4-10-26-16)15-11-17(23)22(18(15)24)14-8-6-13(20)7-9-14/h4-10,12,15H,3,11H2,1-2H3. The lowest BCUT2D eigenvalue weighted by atomic mass is 10.1. The van der Waals surface area contributed by atoms with Crippen molar-refractivity contribution in [3.8, 4) is 0 Å². The number of hydrogen-bond acceptors (Lipinski definition) is 4. The normalized spacial score (nSPS) is 18.3. The van der Waals surface area contributed by atoms with Crippen LogP contribution in [0.25, 0.3) is 0 Å². The minimum Gasteiger partial charge on any atom is -0.323 e. The van der Waals surface area contributed by atoms with E-state index in [1.54, 1.807) is 41.3 Å². The first-order chi connectivity index (χ1) is 12.4. The van der Waals surface area contributed by atoms with Gasteiger partial charge in [-0.25, -0.2) is 4.90 Å². The molecule has 3 rings (SSSR count). The van der Waals surface area contributed by atoms with Crippen molar-refractivity contribution in [1.82, 2.24) is 4.90 Å². The van der Waals surface area contributed by atoms with E-state index in [9.17, 15) is 14.4 Å². The average molecular weight is 391 g/mol. The van der Waals surface area contributed by atoms with Gasteiger partial charge < -0.3 is 4.90 Å². The zero-order valence-corrected chi connectivity index (χ0v) is 16.1. The van der Waals surface area contributed by atoms with Crippen molar-refractivity contribution in [2.45, 2.75) is 38.8 Å². The molecule has 0 saturated carbocycles. The molecule has 1 saturated heterocycles. The Kier molecular flexibility index (Phi) is 5.44. The number of carbonyl (C=O) groups excluding carboxylic acids is 3. The molecule has 1 aromatic carbocycles. The van der Waals surface area contributed by atoms with Gasteiger partial charge in [-0.1, -0.05) is 24.6 Å². The van der Waals surface area contributed by atoms with Gasteiger partial charge in [-0.15, -0.1) is 11.3 Å². The number of nitrogens with zero attached hydrogens (tertiary/aromatic N) is 2. The van der Waals surface area contributed by atoms with Crippen LogP contribution in [0.3, 0.4) is 0 Å². The van der Waals surface area contributed by atoms with Gasteiger partial charge in [0.25, 0.3) is 11.8 Å². The summed E-state index contributed by atoms with van der Waals surface area (Å²) in [6.45, 7) is 3.85. The molecule has 0 radical (unpaired) electrons. The van der Waals surface area contributed by atoms with Gasteiger partial charge in [0.15, 0.2) is 0 Å². The number of amides is 3. The first kappa shape index (κ1) is 18.6. The highest BCUT2D eigenvalue weighted by Gasteiger charge is 2.45. The SMILES string of the molecule is CCC(C)N(C(=O)c1cccs1)C1CC(=O)N(c2ccc(Cl)cc2)C1=O. The van der Waals surface area contributed by atoms with Crippen molar-refractivity contribution in [3.05, 3.63) is 51.7 Å². The van der Waals surface area contributed by atoms with E-state index >= 15 is 0 Å². The number of thiophene rings is 1. The van der Waals surface area contributed by atoms with Gasteiger partial charge in [0, 0.05) is 11.1 Å². The maximum Gasteiger partial charge on any atom is 0.264 e. The minimum absolute atomic E-state index is 0.0110. The van der Waals surface area contributed by atoms with E-state index < -0.39 is 6.04 Å². The predicted molar refractivity (Wildman–Crippen MR) is 103 cm³/mol. The molecule has 136 valence electrons. The van der Waals surface area contributed by atoms with Crippen LogP contribution in [0, 0.1) is 0 Å². The number of hydrogen-bond donors (Lipinski definition) is 0. The molecule has 1 aliphatic rings. The van der Waals surface area contributed by atoms with Crippen LogP contribution in [0.4, 0.5) is 5.69 Å². The molecule has 3 amide bonds. The maximum atomic E-state index is 13.0. The summed E-state index contributed by atoms with van der Waals surface area (Å²) in [5.41, 5.74) is 0.472. The molecule has 0 spiro atoms. The van der Waals surface area contributed by atoms with E-state index in [2.05, 4.69) is 0 Å².